The van der Waals surface area contributed by atoms with Gasteiger partial charge in [-0.25, -0.2) is 8.78 Å². The molecule has 1 heterocycles. The van der Waals surface area contributed by atoms with E-state index in [2.05, 4.69) is 20.8 Å². The van der Waals surface area contributed by atoms with Crippen molar-refractivity contribution in [2.75, 3.05) is 17.7 Å². The number of rotatable bonds is 3. The first-order chi connectivity index (χ1) is 9.10. The Morgan fingerprint density at radius 1 is 1.16 bits per heavy atom. The van der Waals surface area contributed by atoms with Crippen molar-refractivity contribution in [1.82, 2.24) is 10.2 Å². The highest BCUT2D eigenvalue weighted by Gasteiger charge is 2.11. The molecule has 0 unspecified atom stereocenters. The van der Waals surface area contributed by atoms with Crippen LogP contribution in [-0.2, 0) is 0 Å². The summed E-state index contributed by atoms with van der Waals surface area (Å²) < 4.78 is 26.1. The number of carbonyl (C=O) groups is 1. The van der Waals surface area contributed by atoms with Gasteiger partial charge < -0.3 is 10.6 Å². The molecule has 2 N–H and O–H groups in total. The van der Waals surface area contributed by atoms with Crippen LogP contribution in [0, 0.1) is 11.6 Å². The molecular weight excluding hydrogens is 254 g/mol. The van der Waals surface area contributed by atoms with Crippen molar-refractivity contribution in [1.29, 1.82) is 0 Å². The first kappa shape index (κ1) is 12.9. The highest BCUT2D eigenvalue weighted by Crippen LogP contribution is 2.15. The lowest BCUT2D eigenvalue weighted by molar-refractivity contribution is 0.102. The highest BCUT2D eigenvalue weighted by atomic mass is 19.1. The summed E-state index contributed by atoms with van der Waals surface area (Å²) >= 11 is 0. The maximum absolute atomic E-state index is 13.3. The van der Waals surface area contributed by atoms with Crippen molar-refractivity contribution in [2.24, 2.45) is 0 Å². The van der Waals surface area contributed by atoms with Crippen LogP contribution in [0.25, 0.3) is 0 Å². The third-order valence-corrected chi connectivity index (χ3v) is 2.33. The van der Waals surface area contributed by atoms with Gasteiger partial charge in [-0.2, -0.15) is 0 Å². The molecule has 0 saturated heterocycles. The molecule has 98 valence electrons. The molecule has 19 heavy (non-hydrogen) atoms. The van der Waals surface area contributed by atoms with E-state index in [1.54, 1.807) is 13.1 Å². The van der Waals surface area contributed by atoms with E-state index in [1.165, 1.54) is 6.07 Å². The van der Waals surface area contributed by atoms with Crippen LogP contribution >= 0.6 is 0 Å². The molecule has 0 aliphatic rings. The smallest absolute Gasteiger partial charge is 0.276 e. The van der Waals surface area contributed by atoms with Crippen molar-refractivity contribution < 1.29 is 13.6 Å². The number of aromatic nitrogens is 2. The molecule has 0 fully saturated rings. The van der Waals surface area contributed by atoms with Gasteiger partial charge in [0.25, 0.3) is 5.91 Å². The largest absolute Gasteiger partial charge is 0.372 e. The topological polar surface area (TPSA) is 66.9 Å². The van der Waals surface area contributed by atoms with E-state index in [0.29, 0.717) is 11.9 Å². The third kappa shape index (κ3) is 3.01. The molecule has 0 radical (unpaired) electrons. The fraction of sp³-hybridized carbons (Fsp3) is 0.0833. The van der Waals surface area contributed by atoms with Gasteiger partial charge in [0.05, 0.1) is 5.69 Å². The zero-order chi connectivity index (χ0) is 13.8. The zero-order valence-corrected chi connectivity index (χ0v) is 9.95. The number of amides is 1. The first-order valence-corrected chi connectivity index (χ1v) is 5.38. The Balaban J connectivity index is 2.15. The molecule has 0 bridgehead atoms. The maximum Gasteiger partial charge on any atom is 0.276 e. The minimum Gasteiger partial charge on any atom is -0.372 e. The van der Waals surface area contributed by atoms with Crippen molar-refractivity contribution >= 4 is 17.4 Å². The second-order valence-electron chi connectivity index (χ2n) is 3.63. The summed E-state index contributed by atoms with van der Waals surface area (Å²) in [5, 5.41) is 12.4. The Labute approximate surface area is 107 Å². The lowest BCUT2D eigenvalue weighted by Crippen LogP contribution is -2.15. The summed E-state index contributed by atoms with van der Waals surface area (Å²) in [6.07, 6.45) is 0. The van der Waals surface area contributed by atoms with Gasteiger partial charge >= 0.3 is 0 Å². The summed E-state index contributed by atoms with van der Waals surface area (Å²) in [5.41, 5.74) is -0.0892. The molecule has 2 aromatic rings. The average Bonchev–Trinajstić information content (AvgIpc) is 2.42. The Morgan fingerprint density at radius 2 is 1.95 bits per heavy atom. The van der Waals surface area contributed by atoms with Crippen molar-refractivity contribution in [2.45, 2.75) is 0 Å². The van der Waals surface area contributed by atoms with Gasteiger partial charge in [0.2, 0.25) is 0 Å². The van der Waals surface area contributed by atoms with Gasteiger partial charge in [0, 0.05) is 13.1 Å². The number of anilines is 2. The van der Waals surface area contributed by atoms with Gasteiger partial charge in [0.15, 0.2) is 5.69 Å². The molecule has 0 saturated carbocycles. The van der Waals surface area contributed by atoms with Gasteiger partial charge in [0.1, 0.15) is 17.5 Å². The monoisotopic (exact) mass is 264 g/mol. The van der Waals surface area contributed by atoms with E-state index in [0.717, 1.165) is 12.1 Å². The first-order valence-electron chi connectivity index (χ1n) is 5.38. The number of benzene rings is 1. The van der Waals surface area contributed by atoms with Gasteiger partial charge in [-0.3, -0.25) is 4.79 Å². The molecular formula is C12H10F2N4O. The van der Waals surface area contributed by atoms with Gasteiger partial charge in [-0.05, 0) is 24.3 Å². The van der Waals surface area contributed by atoms with Crippen molar-refractivity contribution in [3.63, 3.8) is 0 Å². The predicted molar refractivity (Wildman–Crippen MR) is 65.9 cm³/mol. The molecule has 1 amide bonds. The molecule has 5 nitrogen and oxygen atoms in total. The van der Waals surface area contributed by atoms with Crippen LogP contribution in [0.15, 0.2) is 30.3 Å². The number of nitrogens with zero attached hydrogens (tertiary/aromatic N) is 2. The Kier molecular flexibility index (Phi) is 3.65. The third-order valence-electron chi connectivity index (χ3n) is 2.33. The lowest BCUT2D eigenvalue weighted by Gasteiger charge is -2.05. The summed E-state index contributed by atoms with van der Waals surface area (Å²) in [6.45, 7) is 0. The lowest BCUT2D eigenvalue weighted by atomic mass is 10.2. The second kappa shape index (κ2) is 5.38. The fourth-order valence-corrected chi connectivity index (χ4v) is 1.36. The summed E-state index contributed by atoms with van der Waals surface area (Å²) in [6, 6.07) is 5.87. The van der Waals surface area contributed by atoms with Crippen LogP contribution in [0.5, 0.6) is 0 Å². The van der Waals surface area contributed by atoms with E-state index in [4.69, 9.17) is 0 Å². The number of hydrogen-bond donors (Lipinski definition) is 2. The van der Waals surface area contributed by atoms with Crippen molar-refractivity contribution in [3.05, 3.63) is 47.7 Å². The predicted octanol–water partition coefficient (Wildman–Crippen LogP) is 2.05. The highest BCUT2D eigenvalue weighted by molar-refractivity contribution is 6.02. The van der Waals surface area contributed by atoms with Crippen LogP contribution in [-0.4, -0.2) is 23.2 Å². The molecule has 0 aliphatic heterocycles. The van der Waals surface area contributed by atoms with Gasteiger partial charge in [-0.1, -0.05) is 0 Å². The Bertz CT molecular complexity index is 601. The summed E-state index contributed by atoms with van der Waals surface area (Å²) in [4.78, 5) is 11.8. The average molecular weight is 264 g/mol. The quantitative estimate of drug-likeness (QED) is 0.890. The minimum atomic E-state index is -0.854. The SMILES string of the molecule is CNc1ccc(C(=O)Nc2ccc(F)cc2F)nn1. The van der Waals surface area contributed by atoms with Gasteiger partial charge in [-0.15, -0.1) is 10.2 Å². The zero-order valence-electron chi connectivity index (χ0n) is 9.95. The molecule has 1 aromatic carbocycles. The van der Waals surface area contributed by atoms with Crippen LogP contribution in [0.3, 0.4) is 0 Å². The molecule has 0 aliphatic carbocycles. The van der Waals surface area contributed by atoms with E-state index >= 15 is 0 Å². The number of halogens is 2. The molecule has 0 spiro atoms. The molecule has 7 heteroatoms. The molecule has 0 atom stereocenters. The normalized spacial score (nSPS) is 10.1. The maximum atomic E-state index is 13.3. The second-order valence-corrected chi connectivity index (χ2v) is 3.63. The summed E-state index contributed by atoms with van der Waals surface area (Å²) in [7, 11) is 1.66. The summed E-state index contributed by atoms with van der Waals surface area (Å²) in [5.74, 6) is -1.69. The van der Waals surface area contributed by atoms with Crippen LogP contribution in [0.2, 0.25) is 0 Å². The van der Waals surface area contributed by atoms with E-state index < -0.39 is 17.5 Å². The number of nitrogens with one attached hydrogen (secondary N) is 2. The van der Waals surface area contributed by atoms with E-state index in [9.17, 15) is 13.6 Å². The van der Waals surface area contributed by atoms with Crippen molar-refractivity contribution in [3.8, 4) is 0 Å². The van der Waals surface area contributed by atoms with Crippen LogP contribution in [0.4, 0.5) is 20.3 Å². The minimum absolute atomic E-state index is 0.0303. The van der Waals surface area contributed by atoms with E-state index in [-0.39, 0.29) is 11.4 Å². The van der Waals surface area contributed by atoms with Crippen LogP contribution in [0.1, 0.15) is 10.5 Å². The van der Waals surface area contributed by atoms with Crippen LogP contribution < -0.4 is 10.6 Å². The Hall–Kier alpha value is -2.57. The molecule has 1 aromatic heterocycles. The molecule has 2 rings (SSSR count). The van der Waals surface area contributed by atoms with E-state index in [1.807, 2.05) is 0 Å². The fourth-order valence-electron chi connectivity index (χ4n) is 1.36. The number of hydrogen-bond acceptors (Lipinski definition) is 4. The standard InChI is InChI=1S/C12H10F2N4O/c1-15-11-5-4-10(17-18-11)12(19)16-9-3-2-7(13)6-8(9)14/h2-6H,1H3,(H,15,18)(H,16,19). The Morgan fingerprint density at radius 3 is 2.53 bits per heavy atom. The number of carbonyl (C=O) groups excluding carboxylic acids is 1.